The van der Waals surface area contributed by atoms with Crippen LogP contribution in [-0.4, -0.2) is 36.2 Å². The van der Waals surface area contributed by atoms with Gasteiger partial charge in [0, 0.05) is 24.0 Å². The van der Waals surface area contributed by atoms with Crippen LogP contribution >= 0.6 is 0 Å². The third-order valence-corrected chi connectivity index (χ3v) is 23.0. The standard InChI is InChI=1S/C64H98N4O6/c1-39(2)13-11-15-41(5)51-25-27-53-49-23-21-45-37-47(29-33-61(45,7)55(49)31-35-63(51,53)9)73-59(71)67-65-57(69)43-17-19-44(20-18-43)58(70)66-68-60(72)74-48-30-34-62(8)46(38-48)22-24-50-54-28-26-52(42(6)16-12-14-40(3)4)64(54,10)36-32-56(50)62/h17-22,39-42,47-56H,11-16,23-38H2,1-10H3,(H,65,69)(H,66,70)(H,67,71)(H,68,72)/t41-,42-,47+,48+,49+,50+,51-,52-,53+,54+,55+,56+,61+,62+,63-,64-/m1/s1. The Labute approximate surface area is 446 Å². The molecule has 0 spiro atoms. The Balaban J connectivity index is 0.687. The van der Waals surface area contributed by atoms with Gasteiger partial charge in [-0.1, -0.05) is 131 Å². The fourth-order valence-electron chi connectivity index (χ4n) is 19.0. The van der Waals surface area contributed by atoms with Crippen LogP contribution in [0.5, 0.6) is 0 Å². The molecule has 74 heavy (non-hydrogen) atoms. The second-order valence-electron chi connectivity index (χ2n) is 27.9. The number of rotatable bonds is 14. The number of allylic oxidation sites excluding steroid dienone is 2. The zero-order chi connectivity index (χ0) is 52.7. The van der Waals surface area contributed by atoms with Crippen molar-refractivity contribution in [3.63, 3.8) is 0 Å². The summed E-state index contributed by atoms with van der Waals surface area (Å²) in [5.74, 6) is 8.27. The number of nitrogens with one attached hydrogen (secondary N) is 4. The number of benzene rings is 1. The maximum Gasteiger partial charge on any atom is 0.426 e. The fourth-order valence-corrected chi connectivity index (χ4v) is 19.0. The van der Waals surface area contributed by atoms with Crippen LogP contribution in [0, 0.1) is 92.7 Å². The first-order chi connectivity index (χ1) is 35.2. The van der Waals surface area contributed by atoms with Gasteiger partial charge in [-0.15, -0.1) is 0 Å². The van der Waals surface area contributed by atoms with Gasteiger partial charge in [0.1, 0.15) is 12.2 Å². The molecule has 0 aliphatic heterocycles. The van der Waals surface area contributed by atoms with E-state index in [-0.39, 0.29) is 34.2 Å². The second-order valence-corrected chi connectivity index (χ2v) is 27.9. The summed E-state index contributed by atoms with van der Waals surface area (Å²) in [6, 6.07) is 6.01. The smallest absolute Gasteiger partial charge is 0.426 e. The first kappa shape index (κ1) is 55.0. The largest absolute Gasteiger partial charge is 0.445 e. The highest BCUT2D eigenvalue weighted by Gasteiger charge is 2.61. The highest BCUT2D eigenvalue weighted by atomic mass is 16.6. The predicted molar refractivity (Wildman–Crippen MR) is 294 cm³/mol. The van der Waals surface area contributed by atoms with Crippen LogP contribution in [-0.2, 0) is 9.47 Å². The van der Waals surface area contributed by atoms with Gasteiger partial charge < -0.3 is 9.47 Å². The molecule has 410 valence electrons. The molecule has 0 unspecified atom stereocenters. The van der Waals surface area contributed by atoms with Crippen LogP contribution < -0.4 is 21.7 Å². The van der Waals surface area contributed by atoms with Gasteiger partial charge in [0.05, 0.1) is 0 Å². The van der Waals surface area contributed by atoms with Crippen molar-refractivity contribution in [1.82, 2.24) is 21.7 Å². The van der Waals surface area contributed by atoms with Gasteiger partial charge in [0.2, 0.25) is 0 Å². The SMILES string of the molecule is CC(C)CCC[C@@H](C)[C@H]1CC[C@H]2[C@@H]3CC=C4C[C@@H](OC(=O)NNC(=O)c5ccc(C(=O)NNC(=O)O[C@H]6CC[C@@]7(C)C(=CC[C@H]8[C@@H]9CC[C@H]([C@H](C)CCCC(C)C)[C@@]9(C)CC[C@@H]87)C6)cc5)CC[C@]4(C)[C@H]3CC[C@]12C. The van der Waals surface area contributed by atoms with Crippen LogP contribution in [0.1, 0.15) is 231 Å². The summed E-state index contributed by atoms with van der Waals surface area (Å²) < 4.78 is 11.8. The molecule has 6 saturated carbocycles. The average Bonchev–Trinajstić information content (AvgIpc) is 3.92. The Morgan fingerprint density at radius 1 is 0.500 bits per heavy atom. The van der Waals surface area contributed by atoms with Gasteiger partial charge in [-0.05, 0) is 207 Å². The molecule has 1 aromatic carbocycles. The molecule has 10 heteroatoms. The minimum atomic E-state index is -0.680. The van der Waals surface area contributed by atoms with E-state index in [9.17, 15) is 19.2 Å². The zero-order valence-corrected chi connectivity index (χ0v) is 47.6. The van der Waals surface area contributed by atoms with Crippen molar-refractivity contribution in [1.29, 1.82) is 0 Å². The van der Waals surface area contributed by atoms with Gasteiger partial charge in [-0.2, -0.15) is 0 Å². The summed E-state index contributed by atoms with van der Waals surface area (Å²) in [4.78, 5) is 52.2. The van der Waals surface area contributed by atoms with E-state index in [0.717, 1.165) is 111 Å². The number of ether oxygens (including phenoxy) is 2. The average molecular weight is 1020 g/mol. The Morgan fingerprint density at radius 2 is 0.892 bits per heavy atom. The van der Waals surface area contributed by atoms with Gasteiger partial charge >= 0.3 is 12.2 Å². The first-order valence-corrected chi connectivity index (χ1v) is 30.3. The summed E-state index contributed by atoms with van der Waals surface area (Å²) in [7, 11) is 0. The molecule has 16 atom stereocenters. The van der Waals surface area contributed by atoms with Crippen LogP contribution in [0.4, 0.5) is 9.59 Å². The van der Waals surface area contributed by atoms with Crippen LogP contribution in [0.3, 0.4) is 0 Å². The highest BCUT2D eigenvalue weighted by Crippen LogP contribution is 2.69. The third-order valence-electron chi connectivity index (χ3n) is 23.0. The van der Waals surface area contributed by atoms with Crippen LogP contribution in [0.15, 0.2) is 47.6 Å². The molecule has 0 heterocycles. The second kappa shape index (κ2) is 22.3. The first-order valence-electron chi connectivity index (χ1n) is 30.3. The Bertz CT molecular complexity index is 2100. The summed E-state index contributed by atoms with van der Waals surface area (Å²) in [5.41, 5.74) is 14.5. The van der Waals surface area contributed by atoms with Crippen molar-refractivity contribution in [2.75, 3.05) is 0 Å². The number of hydrogen-bond acceptors (Lipinski definition) is 6. The van der Waals surface area contributed by atoms with E-state index in [1.807, 2.05) is 0 Å². The fraction of sp³-hybridized carbons (Fsp3) is 0.781. The molecule has 8 aliphatic rings. The molecule has 9 rings (SSSR count). The Kier molecular flexibility index (Phi) is 16.5. The number of hydrogen-bond donors (Lipinski definition) is 4. The number of amides is 4. The molecule has 6 fully saturated rings. The summed E-state index contributed by atoms with van der Waals surface area (Å²) in [6.45, 7) is 24.8. The number of carbonyl (C=O) groups is 4. The quantitative estimate of drug-likeness (QED) is 0.108. The van der Waals surface area contributed by atoms with E-state index in [0.29, 0.717) is 22.7 Å². The monoisotopic (exact) mass is 1020 g/mol. The summed E-state index contributed by atoms with van der Waals surface area (Å²) in [6.07, 6.45) is 29.5. The minimum Gasteiger partial charge on any atom is -0.445 e. The van der Waals surface area contributed by atoms with Gasteiger partial charge in [0.25, 0.3) is 11.8 Å². The molecule has 0 saturated heterocycles. The predicted octanol–water partition coefficient (Wildman–Crippen LogP) is 15.2. The molecule has 1 aromatic rings. The lowest BCUT2D eigenvalue weighted by Crippen LogP contribution is -2.51. The van der Waals surface area contributed by atoms with E-state index in [2.05, 4.69) is 103 Å². The number of hydrazine groups is 2. The van der Waals surface area contributed by atoms with Crippen molar-refractivity contribution in [2.45, 2.75) is 223 Å². The normalized spacial score (nSPS) is 37.8. The molecule has 8 aliphatic carbocycles. The third kappa shape index (κ3) is 10.9. The van der Waals surface area contributed by atoms with Gasteiger partial charge in [0.15, 0.2) is 0 Å². The highest BCUT2D eigenvalue weighted by molar-refractivity contribution is 5.98. The molecular weight excluding hydrogens is 921 g/mol. The lowest BCUT2D eigenvalue weighted by atomic mass is 9.47. The Morgan fingerprint density at radius 3 is 1.27 bits per heavy atom. The molecule has 0 bridgehead atoms. The lowest BCUT2D eigenvalue weighted by molar-refractivity contribution is -0.0582. The van der Waals surface area contributed by atoms with Crippen molar-refractivity contribution in [3.05, 3.63) is 58.7 Å². The topological polar surface area (TPSA) is 135 Å². The number of carbonyl (C=O) groups excluding carboxylic acids is 4. The molecule has 4 N–H and O–H groups in total. The molecule has 10 nitrogen and oxygen atoms in total. The Hall–Kier alpha value is -3.82. The molecule has 0 radical (unpaired) electrons. The maximum atomic E-state index is 13.1. The van der Waals surface area contributed by atoms with Gasteiger partial charge in [-0.3, -0.25) is 20.4 Å². The van der Waals surface area contributed by atoms with Crippen molar-refractivity contribution in [3.8, 4) is 0 Å². The molecule has 4 amide bonds. The van der Waals surface area contributed by atoms with E-state index in [1.54, 1.807) is 0 Å². The van der Waals surface area contributed by atoms with Crippen molar-refractivity contribution >= 4 is 24.0 Å². The van der Waals surface area contributed by atoms with E-state index in [1.165, 1.54) is 125 Å². The summed E-state index contributed by atoms with van der Waals surface area (Å²) in [5, 5.41) is 0. The van der Waals surface area contributed by atoms with Crippen LogP contribution in [0.25, 0.3) is 0 Å². The van der Waals surface area contributed by atoms with Crippen molar-refractivity contribution in [2.24, 2.45) is 92.7 Å². The van der Waals surface area contributed by atoms with E-state index in [4.69, 9.17) is 9.47 Å². The molecular formula is C64H98N4O6. The van der Waals surface area contributed by atoms with Gasteiger partial charge in [-0.25, -0.2) is 20.4 Å². The molecule has 0 aromatic heterocycles. The van der Waals surface area contributed by atoms with Crippen molar-refractivity contribution < 1.29 is 28.7 Å². The zero-order valence-electron chi connectivity index (χ0n) is 47.6. The lowest BCUT2D eigenvalue weighted by Gasteiger charge is -2.58. The minimum absolute atomic E-state index is 0.150. The maximum absolute atomic E-state index is 13.1. The summed E-state index contributed by atoms with van der Waals surface area (Å²) >= 11 is 0. The van der Waals surface area contributed by atoms with Crippen LogP contribution in [0.2, 0.25) is 0 Å². The van der Waals surface area contributed by atoms with E-state index >= 15 is 0 Å². The number of fused-ring (bicyclic) bond motifs is 10. The van der Waals surface area contributed by atoms with E-state index < -0.39 is 24.0 Å².